The smallest absolute Gasteiger partial charge is 0.209 e. The van der Waals surface area contributed by atoms with Crippen LogP contribution in [0.1, 0.15) is 0 Å². The normalized spacial score (nSPS) is 31.5. The molecule has 1 rings (SSSR count). The molecule has 11 heavy (non-hydrogen) atoms. The number of carbonyl (C=O) groups is 1. The van der Waals surface area contributed by atoms with Crippen LogP contribution in [0.25, 0.3) is 0 Å². The highest BCUT2D eigenvalue weighted by Gasteiger charge is 2.33. The largest absolute Gasteiger partial charge is 0.341 e. The molecule has 0 aromatic rings. The SMILES string of the molecule is CN(C)[C@H]1CN(C=O)C[C@@H]1F. The Labute approximate surface area is 65.8 Å². The third kappa shape index (κ3) is 1.68. The van der Waals surface area contributed by atoms with Gasteiger partial charge in [0.05, 0.1) is 12.6 Å². The first kappa shape index (κ1) is 8.46. The van der Waals surface area contributed by atoms with Crippen LogP contribution in [0.15, 0.2) is 0 Å². The van der Waals surface area contributed by atoms with Crippen LogP contribution in [0.2, 0.25) is 0 Å². The molecule has 0 spiro atoms. The van der Waals surface area contributed by atoms with Crippen molar-refractivity contribution >= 4 is 6.41 Å². The number of hydrogen-bond donors (Lipinski definition) is 0. The quantitative estimate of drug-likeness (QED) is 0.519. The standard InChI is InChI=1S/C7H13FN2O/c1-9(2)7-4-10(5-11)3-6(7)8/h5-7H,3-4H2,1-2H3/t6-,7-/m0/s1. The number of nitrogens with zero attached hydrogens (tertiary/aromatic N) is 2. The molecule has 1 saturated heterocycles. The molecule has 1 fully saturated rings. The average Bonchev–Trinajstić information content (AvgIpc) is 2.30. The van der Waals surface area contributed by atoms with Crippen molar-refractivity contribution in [1.82, 2.24) is 9.80 Å². The molecular formula is C7H13FN2O. The van der Waals surface area contributed by atoms with E-state index >= 15 is 0 Å². The van der Waals surface area contributed by atoms with Crippen LogP contribution in [0, 0.1) is 0 Å². The zero-order valence-corrected chi connectivity index (χ0v) is 6.83. The van der Waals surface area contributed by atoms with Gasteiger partial charge < -0.3 is 9.80 Å². The van der Waals surface area contributed by atoms with Crippen molar-refractivity contribution in [1.29, 1.82) is 0 Å². The molecule has 0 bridgehead atoms. The molecule has 1 aliphatic rings. The fraction of sp³-hybridized carbons (Fsp3) is 0.857. The van der Waals surface area contributed by atoms with Crippen molar-refractivity contribution in [2.75, 3.05) is 27.2 Å². The monoisotopic (exact) mass is 160 g/mol. The van der Waals surface area contributed by atoms with Gasteiger partial charge in [-0.05, 0) is 14.1 Å². The Morgan fingerprint density at radius 1 is 1.55 bits per heavy atom. The molecule has 0 radical (unpaired) electrons. The van der Waals surface area contributed by atoms with E-state index in [-0.39, 0.29) is 12.6 Å². The van der Waals surface area contributed by atoms with Crippen molar-refractivity contribution < 1.29 is 9.18 Å². The first-order chi connectivity index (χ1) is 5.15. The van der Waals surface area contributed by atoms with E-state index in [9.17, 15) is 9.18 Å². The second-order valence-corrected chi connectivity index (χ2v) is 3.11. The molecule has 0 N–H and O–H groups in total. The first-order valence-electron chi connectivity index (χ1n) is 3.65. The highest BCUT2D eigenvalue weighted by molar-refractivity contribution is 5.48. The summed E-state index contributed by atoms with van der Waals surface area (Å²) in [7, 11) is 3.65. The number of alkyl halides is 1. The zero-order valence-electron chi connectivity index (χ0n) is 6.83. The number of hydrogen-bond acceptors (Lipinski definition) is 2. The van der Waals surface area contributed by atoms with Gasteiger partial charge >= 0.3 is 0 Å². The summed E-state index contributed by atoms with van der Waals surface area (Å²) in [6.07, 6.45) is -0.189. The van der Waals surface area contributed by atoms with Gasteiger partial charge in [-0.2, -0.15) is 0 Å². The van der Waals surface area contributed by atoms with Gasteiger partial charge in [0.1, 0.15) is 6.17 Å². The summed E-state index contributed by atoms with van der Waals surface area (Å²) in [5, 5.41) is 0. The fourth-order valence-electron chi connectivity index (χ4n) is 1.35. The van der Waals surface area contributed by atoms with Gasteiger partial charge in [0.2, 0.25) is 6.41 Å². The van der Waals surface area contributed by atoms with E-state index in [2.05, 4.69) is 0 Å². The Morgan fingerprint density at radius 2 is 2.18 bits per heavy atom. The van der Waals surface area contributed by atoms with E-state index < -0.39 is 6.17 Å². The molecule has 0 aliphatic carbocycles. The molecule has 1 heterocycles. The van der Waals surface area contributed by atoms with Gasteiger partial charge in [0, 0.05) is 6.54 Å². The van der Waals surface area contributed by atoms with E-state index in [4.69, 9.17) is 0 Å². The van der Waals surface area contributed by atoms with Gasteiger partial charge in [0.25, 0.3) is 0 Å². The lowest BCUT2D eigenvalue weighted by molar-refractivity contribution is -0.117. The third-order valence-electron chi connectivity index (χ3n) is 2.06. The van der Waals surface area contributed by atoms with Gasteiger partial charge in [0.15, 0.2) is 0 Å². The Balaban J connectivity index is 2.51. The summed E-state index contributed by atoms with van der Waals surface area (Å²) >= 11 is 0. The molecule has 4 heteroatoms. The number of carbonyl (C=O) groups excluding carboxylic acids is 1. The average molecular weight is 160 g/mol. The van der Waals surface area contributed by atoms with Crippen molar-refractivity contribution in [2.45, 2.75) is 12.2 Å². The molecule has 64 valence electrons. The molecule has 0 saturated carbocycles. The minimum atomic E-state index is -0.893. The molecule has 1 amide bonds. The lowest BCUT2D eigenvalue weighted by Gasteiger charge is -2.19. The molecule has 0 aromatic heterocycles. The summed E-state index contributed by atoms with van der Waals surface area (Å²) in [6.45, 7) is 0.754. The van der Waals surface area contributed by atoms with Crippen molar-refractivity contribution in [2.24, 2.45) is 0 Å². The third-order valence-corrected chi connectivity index (χ3v) is 2.06. The van der Waals surface area contributed by atoms with E-state index in [0.29, 0.717) is 13.0 Å². The van der Waals surface area contributed by atoms with Crippen LogP contribution < -0.4 is 0 Å². The predicted octanol–water partition coefficient (Wildman–Crippen LogP) is -0.273. The Morgan fingerprint density at radius 3 is 2.45 bits per heavy atom. The summed E-state index contributed by atoms with van der Waals surface area (Å²) < 4.78 is 13.0. The second kappa shape index (κ2) is 3.17. The van der Waals surface area contributed by atoms with Crippen LogP contribution in [0.3, 0.4) is 0 Å². The molecule has 0 unspecified atom stereocenters. The second-order valence-electron chi connectivity index (χ2n) is 3.11. The number of likely N-dealkylation sites (tertiary alicyclic amines) is 1. The topological polar surface area (TPSA) is 23.6 Å². The Hall–Kier alpha value is -0.640. The van der Waals surface area contributed by atoms with Gasteiger partial charge in [-0.3, -0.25) is 4.79 Å². The number of halogens is 1. The maximum atomic E-state index is 13.0. The lowest BCUT2D eigenvalue weighted by Crippen LogP contribution is -2.36. The van der Waals surface area contributed by atoms with E-state index in [0.717, 1.165) is 0 Å². The van der Waals surface area contributed by atoms with Crippen LogP contribution >= 0.6 is 0 Å². The van der Waals surface area contributed by atoms with Crippen molar-refractivity contribution in [3.8, 4) is 0 Å². The minimum Gasteiger partial charge on any atom is -0.341 e. The van der Waals surface area contributed by atoms with Gasteiger partial charge in [-0.25, -0.2) is 4.39 Å². The van der Waals surface area contributed by atoms with Crippen LogP contribution in [-0.2, 0) is 4.79 Å². The minimum absolute atomic E-state index is 0.125. The summed E-state index contributed by atoms with van der Waals surface area (Å²) in [4.78, 5) is 13.5. The fourth-order valence-corrected chi connectivity index (χ4v) is 1.35. The predicted molar refractivity (Wildman–Crippen MR) is 40.0 cm³/mol. The molecule has 0 aromatic carbocycles. The van der Waals surface area contributed by atoms with Crippen molar-refractivity contribution in [3.63, 3.8) is 0 Å². The highest BCUT2D eigenvalue weighted by atomic mass is 19.1. The van der Waals surface area contributed by atoms with Gasteiger partial charge in [-0.15, -0.1) is 0 Å². The Kier molecular flexibility index (Phi) is 2.44. The van der Waals surface area contributed by atoms with E-state index in [1.165, 1.54) is 4.90 Å². The maximum absolute atomic E-state index is 13.0. The van der Waals surface area contributed by atoms with Crippen LogP contribution in [0.5, 0.6) is 0 Å². The van der Waals surface area contributed by atoms with E-state index in [1.54, 1.807) is 0 Å². The lowest BCUT2D eigenvalue weighted by atomic mass is 10.2. The maximum Gasteiger partial charge on any atom is 0.209 e. The first-order valence-corrected chi connectivity index (χ1v) is 3.65. The Bertz CT molecular complexity index is 151. The van der Waals surface area contributed by atoms with E-state index in [1.807, 2.05) is 19.0 Å². The molecule has 2 atom stereocenters. The molecular weight excluding hydrogens is 147 g/mol. The summed E-state index contributed by atoms with van der Waals surface area (Å²) in [6, 6.07) is -0.125. The van der Waals surface area contributed by atoms with Gasteiger partial charge in [-0.1, -0.05) is 0 Å². The number of amides is 1. The molecule has 1 aliphatic heterocycles. The summed E-state index contributed by atoms with van der Waals surface area (Å²) in [5.74, 6) is 0. The van der Waals surface area contributed by atoms with Crippen LogP contribution in [0.4, 0.5) is 4.39 Å². The number of likely N-dealkylation sites (N-methyl/N-ethyl adjacent to an activating group) is 1. The van der Waals surface area contributed by atoms with Crippen molar-refractivity contribution in [3.05, 3.63) is 0 Å². The van der Waals surface area contributed by atoms with Crippen LogP contribution in [-0.4, -0.2) is 55.6 Å². The molecule has 3 nitrogen and oxygen atoms in total. The number of rotatable bonds is 2. The summed E-state index contributed by atoms with van der Waals surface area (Å²) in [5.41, 5.74) is 0. The highest BCUT2D eigenvalue weighted by Crippen LogP contribution is 2.15. The zero-order chi connectivity index (χ0) is 8.43.